The number of benzene rings is 1. The van der Waals surface area contributed by atoms with Crippen molar-refractivity contribution in [3.8, 4) is 5.75 Å². The predicted octanol–water partition coefficient (Wildman–Crippen LogP) is 2.65. The first-order chi connectivity index (χ1) is 9.31. The number of hydrogen-bond acceptors (Lipinski definition) is 3. The van der Waals surface area contributed by atoms with Crippen LogP contribution in [-0.4, -0.2) is 25.1 Å². The summed E-state index contributed by atoms with van der Waals surface area (Å²) in [5.74, 6) is 0.921. The Morgan fingerprint density at radius 2 is 2.05 bits per heavy atom. The van der Waals surface area contributed by atoms with Crippen molar-refractivity contribution in [2.45, 2.75) is 45.7 Å². The van der Waals surface area contributed by atoms with E-state index in [1.54, 1.807) is 7.11 Å². The number of hydrogen-bond donors (Lipinski definition) is 2. The van der Waals surface area contributed by atoms with Gasteiger partial charge < -0.3 is 15.4 Å². The van der Waals surface area contributed by atoms with Gasteiger partial charge in [-0.2, -0.15) is 0 Å². The van der Waals surface area contributed by atoms with Gasteiger partial charge in [0.05, 0.1) is 7.11 Å². The third kappa shape index (κ3) is 6.06. The Balaban J connectivity index is 2.39. The van der Waals surface area contributed by atoms with Gasteiger partial charge in [-0.15, -0.1) is 0 Å². The fourth-order valence-corrected chi connectivity index (χ4v) is 1.91. The van der Waals surface area contributed by atoms with Gasteiger partial charge in [0.2, 0.25) is 5.91 Å². The lowest BCUT2D eigenvalue weighted by Crippen LogP contribution is -2.41. The first-order valence-corrected chi connectivity index (χ1v) is 7.00. The highest BCUT2D eigenvalue weighted by atomic mass is 16.5. The second-order valence-corrected chi connectivity index (χ2v) is 6.00. The summed E-state index contributed by atoms with van der Waals surface area (Å²) in [5, 5.41) is 6.30. The zero-order chi connectivity index (χ0) is 15.2. The number of nitrogens with one attached hydrogen (secondary N) is 2. The minimum absolute atomic E-state index is 0.0721. The number of rotatable bonds is 6. The molecule has 1 amide bonds. The molecule has 1 unspecified atom stereocenters. The molecule has 0 aromatic heterocycles. The molecule has 0 heterocycles. The molecule has 0 fully saturated rings. The first-order valence-electron chi connectivity index (χ1n) is 7.00. The van der Waals surface area contributed by atoms with Crippen molar-refractivity contribution in [2.75, 3.05) is 13.7 Å². The highest BCUT2D eigenvalue weighted by Gasteiger charge is 2.13. The van der Waals surface area contributed by atoms with Crippen LogP contribution in [-0.2, 0) is 4.79 Å². The molecule has 0 aliphatic carbocycles. The molecular weight excluding hydrogens is 252 g/mol. The van der Waals surface area contributed by atoms with Gasteiger partial charge in [-0.1, -0.05) is 12.1 Å². The highest BCUT2D eigenvalue weighted by Crippen LogP contribution is 2.18. The van der Waals surface area contributed by atoms with Crippen LogP contribution in [0.1, 0.15) is 45.7 Å². The predicted molar refractivity (Wildman–Crippen MR) is 81.9 cm³/mol. The van der Waals surface area contributed by atoms with E-state index in [0.717, 1.165) is 11.3 Å². The van der Waals surface area contributed by atoms with E-state index in [2.05, 4.69) is 23.6 Å². The summed E-state index contributed by atoms with van der Waals surface area (Å²) in [7, 11) is 1.66. The number of carbonyl (C=O) groups excluding carboxylic acids is 1. The maximum absolute atomic E-state index is 11.7. The van der Waals surface area contributed by atoms with E-state index in [0.29, 0.717) is 13.0 Å². The van der Waals surface area contributed by atoms with Crippen LogP contribution in [0.25, 0.3) is 0 Å². The average molecular weight is 278 g/mol. The molecule has 4 heteroatoms. The summed E-state index contributed by atoms with van der Waals surface area (Å²) in [4.78, 5) is 11.7. The van der Waals surface area contributed by atoms with Crippen molar-refractivity contribution in [1.82, 2.24) is 10.6 Å². The van der Waals surface area contributed by atoms with Gasteiger partial charge in [0.1, 0.15) is 5.75 Å². The molecule has 4 nitrogen and oxygen atoms in total. The molecule has 0 saturated carbocycles. The topological polar surface area (TPSA) is 50.4 Å². The third-order valence-corrected chi connectivity index (χ3v) is 2.91. The summed E-state index contributed by atoms with van der Waals surface area (Å²) in [5.41, 5.74) is 0.982. The van der Waals surface area contributed by atoms with Crippen molar-refractivity contribution >= 4 is 5.91 Å². The number of ether oxygens (including phenoxy) is 1. The van der Waals surface area contributed by atoms with E-state index >= 15 is 0 Å². The van der Waals surface area contributed by atoms with Crippen molar-refractivity contribution < 1.29 is 9.53 Å². The summed E-state index contributed by atoms with van der Waals surface area (Å²) < 4.78 is 5.21. The van der Waals surface area contributed by atoms with Crippen molar-refractivity contribution in [1.29, 1.82) is 0 Å². The van der Waals surface area contributed by atoms with Crippen molar-refractivity contribution in [3.63, 3.8) is 0 Å². The highest BCUT2D eigenvalue weighted by molar-refractivity contribution is 5.76. The maximum Gasteiger partial charge on any atom is 0.221 e. The molecule has 1 rings (SSSR count). The monoisotopic (exact) mass is 278 g/mol. The van der Waals surface area contributed by atoms with Gasteiger partial charge in [-0.05, 0) is 45.4 Å². The zero-order valence-corrected chi connectivity index (χ0v) is 13.1. The Morgan fingerprint density at radius 1 is 1.35 bits per heavy atom. The largest absolute Gasteiger partial charge is 0.497 e. The average Bonchev–Trinajstić information content (AvgIpc) is 2.36. The van der Waals surface area contributed by atoms with Crippen LogP contribution in [0.15, 0.2) is 24.3 Å². The standard InChI is InChI=1S/C16H26N2O2/c1-12(13-7-6-8-14(11-13)20-5)17-10-9-15(19)18-16(2,3)4/h6-8,11-12,17H,9-10H2,1-5H3,(H,18,19). The Morgan fingerprint density at radius 3 is 2.65 bits per heavy atom. The van der Waals surface area contributed by atoms with E-state index in [4.69, 9.17) is 4.74 Å². The van der Waals surface area contributed by atoms with Crippen LogP contribution in [0, 0.1) is 0 Å². The summed E-state index contributed by atoms with van der Waals surface area (Å²) in [6.45, 7) is 8.68. The lowest BCUT2D eigenvalue weighted by molar-refractivity contribution is -0.122. The third-order valence-electron chi connectivity index (χ3n) is 2.91. The normalized spacial score (nSPS) is 12.8. The number of carbonyl (C=O) groups is 1. The number of amides is 1. The molecule has 1 aromatic rings. The van der Waals surface area contributed by atoms with Crippen molar-refractivity contribution in [2.24, 2.45) is 0 Å². The van der Waals surface area contributed by atoms with Gasteiger partial charge >= 0.3 is 0 Å². The lowest BCUT2D eigenvalue weighted by Gasteiger charge is -2.21. The van der Waals surface area contributed by atoms with Crippen LogP contribution in [0.3, 0.4) is 0 Å². The van der Waals surface area contributed by atoms with Crippen LogP contribution in [0.4, 0.5) is 0 Å². The fourth-order valence-electron chi connectivity index (χ4n) is 1.91. The molecular formula is C16H26N2O2. The van der Waals surface area contributed by atoms with Crippen LogP contribution in [0.5, 0.6) is 5.75 Å². The second kappa shape index (κ2) is 7.29. The van der Waals surface area contributed by atoms with Gasteiger partial charge in [0.15, 0.2) is 0 Å². The first kappa shape index (κ1) is 16.5. The Bertz CT molecular complexity index is 438. The summed E-state index contributed by atoms with van der Waals surface area (Å²) >= 11 is 0. The maximum atomic E-state index is 11.7. The zero-order valence-electron chi connectivity index (χ0n) is 13.1. The SMILES string of the molecule is COc1cccc(C(C)NCCC(=O)NC(C)(C)C)c1. The van der Waals surface area contributed by atoms with E-state index < -0.39 is 0 Å². The molecule has 0 aliphatic rings. The molecule has 1 atom stereocenters. The van der Waals surface area contributed by atoms with Crippen LogP contribution >= 0.6 is 0 Å². The Labute approximate surface area is 121 Å². The van der Waals surface area contributed by atoms with Crippen LogP contribution < -0.4 is 15.4 Å². The Hall–Kier alpha value is -1.55. The van der Waals surface area contributed by atoms with Gasteiger partial charge in [-0.3, -0.25) is 4.79 Å². The van der Waals surface area contributed by atoms with E-state index in [1.165, 1.54) is 0 Å². The quantitative estimate of drug-likeness (QED) is 0.841. The second-order valence-electron chi connectivity index (χ2n) is 6.00. The van der Waals surface area contributed by atoms with E-state index in [-0.39, 0.29) is 17.5 Å². The van der Waals surface area contributed by atoms with Crippen LogP contribution in [0.2, 0.25) is 0 Å². The lowest BCUT2D eigenvalue weighted by atomic mass is 10.1. The molecule has 0 radical (unpaired) electrons. The molecule has 20 heavy (non-hydrogen) atoms. The fraction of sp³-hybridized carbons (Fsp3) is 0.562. The van der Waals surface area contributed by atoms with E-state index in [1.807, 2.05) is 39.0 Å². The summed E-state index contributed by atoms with van der Waals surface area (Å²) in [6, 6.07) is 8.14. The summed E-state index contributed by atoms with van der Waals surface area (Å²) in [6.07, 6.45) is 0.478. The van der Waals surface area contributed by atoms with Gasteiger partial charge in [-0.25, -0.2) is 0 Å². The molecule has 2 N–H and O–H groups in total. The number of methoxy groups -OCH3 is 1. The molecule has 0 bridgehead atoms. The van der Waals surface area contributed by atoms with Gasteiger partial charge in [0.25, 0.3) is 0 Å². The van der Waals surface area contributed by atoms with E-state index in [9.17, 15) is 4.79 Å². The van der Waals surface area contributed by atoms with Gasteiger partial charge in [0, 0.05) is 24.5 Å². The Kier molecular flexibility index (Phi) is 6.02. The minimum Gasteiger partial charge on any atom is -0.497 e. The molecule has 1 aromatic carbocycles. The van der Waals surface area contributed by atoms with Crippen molar-refractivity contribution in [3.05, 3.63) is 29.8 Å². The minimum atomic E-state index is -0.171. The molecule has 0 saturated heterocycles. The smallest absolute Gasteiger partial charge is 0.221 e. The molecule has 0 spiro atoms. The molecule has 112 valence electrons. The molecule has 0 aliphatic heterocycles.